The number of furan rings is 1. The van der Waals surface area contributed by atoms with Gasteiger partial charge in [-0.05, 0) is 30.3 Å². The smallest absolute Gasteiger partial charge is 0.164 e. The van der Waals surface area contributed by atoms with Gasteiger partial charge in [0, 0.05) is 50.0 Å². The van der Waals surface area contributed by atoms with Crippen molar-refractivity contribution < 1.29 is 18.1 Å². The first-order valence-electron chi connectivity index (χ1n) is 18.8. The number of fused-ring (bicyclic) bond motifs is 6. The molecule has 0 saturated heterocycles. The summed E-state index contributed by atoms with van der Waals surface area (Å²) >= 11 is 0. The van der Waals surface area contributed by atoms with Crippen molar-refractivity contribution in [3.63, 3.8) is 0 Å². The molecule has 0 aliphatic rings. The van der Waals surface area contributed by atoms with E-state index in [0.29, 0.717) is 27.5 Å². The minimum Gasteiger partial charge on any atom is -0.456 e. The molecular formula is C39H24N4O. The molecule has 3 aromatic heterocycles. The standard InChI is InChI=1S/C39H24N4O/c1-3-12-25(13-4-1)37-40-38(26-14-5-2-6-15-26)42-39(41-37)31-18-11-21-34-36(31)30-23-22-27(24-35(30)44-34)43-32-19-9-7-16-28(32)29-17-8-10-20-33(29)43/h1-24H/i1D,2D,3D,4D,5D,6D,12D,13D,14D,15D. The highest BCUT2D eigenvalue weighted by Gasteiger charge is 2.19. The van der Waals surface area contributed by atoms with Gasteiger partial charge < -0.3 is 8.98 Å². The molecule has 0 atom stereocenters. The summed E-state index contributed by atoms with van der Waals surface area (Å²) in [4.78, 5) is 13.7. The fourth-order valence-corrected chi connectivity index (χ4v) is 5.78. The Bertz CT molecular complexity index is 2880. The molecule has 0 aliphatic heterocycles. The molecule has 9 rings (SSSR count). The molecule has 0 bridgehead atoms. The Kier molecular flexibility index (Phi) is 3.66. The van der Waals surface area contributed by atoms with Crippen LogP contribution in [0.3, 0.4) is 0 Å². The molecule has 0 N–H and O–H groups in total. The van der Waals surface area contributed by atoms with E-state index in [1.807, 2.05) is 42.5 Å². The Morgan fingerprint density at radius 1 is 0.523 bits per heavy atom. The van der Waals surface area contributed by atoms with Crippen LogP contribution in [0, 0.1) is 0 Å². The van der Waals surface area contributed by atoms with Crippen molar-refractivity contribution >= 4 is 43.7 Å². The Labute approximate surface area is 266 Å². The molecule has 0 spiro atoms. The van der Waals surface area contributed by atoms with Gasteiger partial charge in [-0.2, -0.15) is 0 Å². The molecule has 0 radical (unpaired) electrons. The van der Waals surface area contributed by atoms with E-state index in [2.05, 4.69) is 43.8 Å². The van der Waals surface area contributed by atoms with E-state index < -0.39 is 60.4 Å². The van der Waals surface area contributed by atoms with Crippen LogP contribution in [0.4, 0.5) is 0 Å². The fourth-order valence-electron chi connectivity index (χ4n) is 5.78. The van der Waals surface area contributed by atoms with Crippen LogP contribution in [0.5, 0.6) is 0 Å². The van der Waals surface area contributed by atoms with E-state index in [0.717, 1.165) is 27.5 Å². The van der Waals surface area contributed by atoms with Gasteiger partial charge in [0.15, 0.2) is 17.5 Å². The van der Waals surface area contributed by atoms with Gasteiger partial charge in [0.25, 0.3) is 0 Å². The predicted octanol–water partition coefficient (Wildman–Crippen LogP) is 9.87. The second-order valence-corrected chi connectivity index (χ2v) is 10.1. The van der Waals surface area contributed by atoms with Crippen LogP contribution in [0.25, 0.3) is 83.6 Å². The van der Waals surface area contributed by atoms with Crippen molar-refractivity contribution in [3.05, 3.63) is 145 Å². The third-order valence-electron chi connectivity index (χ3n) is 7.64. The summed E-state index contributed by atoms with van der Waals surface area (Å²) in [6.45, 7) is 0. The monoisotopic (exact) mass is 574 g/mol. The van der Waals surface area contributed by atoms with Gasteiger partial charge in [-0.3, -0.25) is 0 Å². The first kappa shape index (κ1) is 16.5. The molecule has 5 heteroatoms. The Hall–Kier alpha value is -6.07. The zero-order valence-electron chi connectivity index (χ0n) is 32.8. The highest BCUT2D eigenvalue weighted by atomic mass is 16.3. The van der Waals surface area contributed by atoms with Gasteiger partial charge in [0.2, 0.25) is 0 Å². The Morgan fingerprint density at radius 3 is 1.75 bits per heavy atom. The maximum Gasteiger partial charge on any atom is 0.164 e. The van der Waals surface area contributed by atoms with Crippen molar-refractivity contribution in [1.29, 1.82) is 0 Å². The molecule has 0 fully saturated rings. The van der Waals surface area contributed by atoms with Gasteiger partial charge in [-0.25, -0.2) is 15.0 Å². The third-order valence-corrected chi connectivity index (χ3v) is 7.64. The summed E-state index contributed by atoms with van der Waals surface area (Å²) in [6.07, 6.45) is 0. The van der Waals surface area contributed by atoms with E-state index in [9.17, 15) is 0 Å². The van der Waals surface area contributed by atoms with Crippen LogP contribution in [0.1, 0.15) is 13.7 Å². The van der Waals surface area contributed by atoms with Crippen molar-refractivity contribution in [2.75, 3.05) is 0 Å². The summed E-state index contributed by atoms with van der Waals surface area (Å²) in [7, 11) is 0. The molecule has 6 aromatic carbocycles. The van der Waals surface area contributed by atoms with Crippen LogP contribution in [0.2, 0.25) is 0 Å². The van der Waals surface area contributed by atoms with E-state index in [4.69, 9.17) is 18.1 Å². The van der Waals surface area contributed by atoms with Gasteiger partial charge in [0.1, 0.15) is 11.2 Å². The minimum atomic E-state index is -0.612. The molecule has 44 heavy (non-hydrogen) atoms. The summed E-state index contributed by atoms with van der Waals surface area (Å²) in [6, 6.07) is 21.5. The predicted molar refractivity (Wildman–Crippen MR) is 178 cm³/mol. The number of benzene rings is 6. The van der Waals surface area contributed by atoms with E-state index in [-0.39, 0.29) is 28.6 Å². The van der Waals surface area contributed by atoms with Crippen LogP contribution >= 0.6 is 0 Å². The van der Waals surface area contributed by atoms with Crippen molar-refractivity contribution in [2.45, 2.75) is 0 Å². The van der Waals surface area contributed by atoms with Crippen LogP contribution in [-0.2, 0) is 0 Å². The van der Waals surface area contributed by atoms with Crippen molar-refractivity contribution in [3.8, 4) is 39.9 Å². The average Bonchev–Trinajstić information content (AvgIpc) is 3.73. The van der Waals surface area contributed by atoms with Gasteiger partial charge in [-0.1, -0.05) is 109 Å². The van der Waals surface area contributed by atoms with Gasteiger partial charge in [-0.15, -0.1) is 0 Å². The largest absolute Gasteiger partial charge is 0.456 e. The number of aromatic nitrogens is 4. The van der Waals surface area contributed by atoms with E-state index >= 15 is 0 Å². The van der Waals surface area contributed by atoms with E-state index in [1.54, 1.807) is 18.2 Å². The zero-order valence-corrected chi connectivity index (χ0v) is 22.8. The van der Waals surface area contributed by atoms with Crippen LogP contribution in [-0.4, -0.2) is 19.5 Å². The van der Waals surface area contributed by atoms with Crippen LogP contribution < -0.4 is 0 Å². The second kappa shape index (κ2) is 9.75. The maximum absolute atomic E-state index is 8.65. The summed E-state index contributed by atoms with van der Waals surface area (Å²) in [5.74, 6) is -0.706. The summed E-state index contributed by atoms with van der Waals surface area (Å²) < 4.78 is 92.5. The Morgan fingerprint density at radius 2 is 1.11 bits per heavy atom. The summed E-state index contributed by atoms with van der Waals surface area (Å²) in [5.41, 5.74) is 3.71. The molecule has 206 valence electrons. The van der Waals surface area contributed by atoms with E-state index in [1.165, 1.54) is 0 Å². The molecule has 9 aromatic rings. The first-order chi connectivity index (χ1) is 26.0. The SMILES string of the molecule is [2H]c1c([2H])c([2H])c(-c2nc(-c3c([2H])c([2H])c([2H])c([2H])c3[2H])nc(-c3cccc4oc5cc(-n6c7ccccc7c7ccccc76)ccc5c34)n2)c([2H])c1[2H]. The second-order valence-electron chi connectivity index (χ2n) is 10.1. The number of rotatable bonds is 4. The molecule has 0 unspecified atom stereocenters. The molecule has 0 saturated carbocycles. The zero-order chi connectivity index (χ0) is 37.7. The number of para-hydroxylation sites is 2. The molecule has 0 amide bonds. The minimum absolute atomic E-state index is 0.0339. The Balaban J connectivity index is 1.32. The molecule has 3 heterocycles. The molecular weight excluding hydrogens is 540 g/mol. The number of hydrogen-bond donors (Lipinski definition) is 0. The lowest BCUT2D eigenvalue weighted by molar-refractivity contribution is 0.668. The topological polar surface area (TPSA) is 56.7 Å². The lowest BCUT2D eigenvalue weighted by Crippen LogP contribution is -2.00. The van der Waals surface area contributed by atoms with Gasteiger partial charge in [0.05, 0.1) is 24.7 Å². The van der Waals surface area contributed by atoms with Crippen molar-refractivity contribution in [1.82, 2.24) is 19.5 Å². The lowest BCUT2D eigenvalue weighted by atomic mass is 10.0. The maximum atomic E-state index is 8.65. The highest BCUT2D eigenvalue weighted by molar-refractivity contribution is 6.13. The number of hydrogen-bond acceptors (Lipinski definition) is 4. The van der Waals surface area contributed by atoms with Crippen molar-refractivity contribution in [2.24, 2.45) is 0 Å². The fraction of sp³-hybridized carbons (Fsp3) is 0. The quantitative estimate of drug-likeness (QED) is 0.210. The normalized spacial score (nSPS) is 14.8. The number of nitrogens with zero attached hydrogens (tertiary/aromatic N) is 4. The molecule has 0 aliphatic carbocycles. The average molecular weight is 575 g/mol. The summed E-state index contributed by atoms with van der Waals surface area (Å²) in [5, 5.41) is 3.53. The lowest BCUT2D eigenvalue weighted by Gasteiger charge is -2.09. The van der Waals surface area contributed by atoms with Gasteiger partial charge >= 0.3 is 0 Å². The molecule has 5 nitrogen and oxygen atoms in total. The first-order valence-corrected chi connectivity index (χ1v) is 13.8. The third kappa shape index (κ3) is 3.83. The highest BCUT2D eigenvalue weighted by Crippen LogP contribution is 2.39. The van der Waals surface area contributed by atoms with Crippen LogP contribution in [0.15, 0.2) is 150 Å².